The highest BCUT2D eigenvalue weighted by Gasteiger charge is 2.51. The van der Waals surface area contributed by atoms with Crippen molar-refractivity contribution in [2.24, 2.45) is 5.41 Å². The van der Waals surface area contributed by atoms with Crippen LogP contribution in [-0.2, 0) is 4.74 Å². The number of rotatable bonds is 7. The molecule has 1 aliphatic carbocycles. The Morgan fingerprint density at radius 1 is 1.30 bits per heavy atom. The number of nitrogens with one attached hydrogen (secondary N) is 1. The Hall–Kier alpha value is -0.670. The molecule has 0 aromatic heterocycles. The van der Waals surface area contributed by atoms with Crippen molar-refractivity contribution in [1.82, 2.24) is 0 Å². The van der Waals surface area contributed by atoms with Gasteiger partial charge in [0.15, 0.2) is 0 Å². The zero-order valence-corrected chi connectivity index (χ0v) is 13.9. The van der Waals surface area contributed by atoms with Crippen LogP contribution >= 0.6 is 11.8 Å². The summed E-state index contributed by atoms with van der Waals surface area (Å²) in [5.74, 6) is 1.11. The molecule has 0 saturated heterocycles. The third kappa shape index (κ3) is 2.99. The smallest absolute Gasteiger partial charge is 0.0667 e. The molecule has 0 aliphatic heterocycles. The molecule has 0 bridgehead atoms. The van der Waals surface area contributed by atoms with Gasteiger partial charge in [0.05, 0.1) is 6.10 Å². The number of thioether (sulfide) groups is 1. The highest BCUT2D eigenvalue weighted by atomic mass is 32.2. The van der Waals surface area contributed by atoms with Gasteiger partial charge in [-0.2, -0.15) is 0 Å². The molecular formula is C17H27NOS. The van der Waals surface area contributed by atoms with Crippen LogP contribution in [0.5, 0.6) is 0 Å². The Morgan fingerprint density at radius 3 is 2.70 bits per heavy atom. The lowest BCUT2D eigenvalue weighted by Crippen LogP contribution is -2.59. The fourth-order valence-corrected chi connectivity index (χ4v) is 3.80. The molecule has 20 heavy (non-hydrogen) atoms. The average Bonchev–Trinajstić information content (AvgIpc) is 2.47. The minimum Gasteiger partial charge on any atom is -0.381 e. The summed E-state index contributed by atoms with van der Waals surface area (Å²) in [5, 5.41) is 3.76. The predicted octanol–water partition coefficient (Wildman–Crippen LogP) is 4.80. The van der Waals surface area contributed by atoms with E-state index < -0.39 is 0 Å². The first-order valence-electron chi connectivity index (χ1n) is 7.75. The summed E-state index contributed by atoms with van der Waals surface area (Å²) >= 11 is 1.90. The highest BCUT2D eigenvalue weighted by Crippen LogP contribution is 2.47. The van der Waals surface area contributed by atoms with E-state index >= 15 is 0 Å². The molecule has 1 aromatic rings. The molecule has 3 unspecified atom stereocenters. The standard InChI is InChI=1S/C17H27NOS/c1-5-17(4)15(12-16(17)19-6-2)18-13-10-8-9-11-14(13)20-7-3/h8-11,15-16,18H,5-7,12H2,1-4H3. The van der Waals surface area contributed by atoms with Gasteiger partial charge < -0.3 is 10.1 Å². The maximum Gasteiger partial charge on any atom is 0.0667 e. The fraction of sp³-hybridized carbons (Fsp3) is 0.647. The lowest BCUT2D eigenvalue weighted by atomic mass is 9.61. The van der Waals surface area contributed by atoms with Gasteiger partial charge in [-0.1, -0.05) is 32.9 Å². The van der Waals surface area contributed by atoms with Crippen LogP contribution in [0.25, 0.3) is 0 Å². The Labute approximate surface area is 127 Å². The number of benzene rings is 1. The summed E-state index contributed by atoms with van der Waals surface area (Å²) in [6.45, 7) is 9.72. The summed E-state index contributed by atoms with van der Waals surface area (Å²) in [4.78, 5) is 1.35. The quantitative estimate of drug-likeness (QED) is 0.729. The lowest BCUT2D eigenvalue weighted by Gasteiger charge is -2.54. The lowest BCUT2D eigenvalue weighted by molar-refractivity contribution is -0.109. The molecule has 0 spiro atoms. The second-order valence-electron chi connectivity index (χ2n) is 5.67. The van der Waals surface area contributed by atoms with Gasteiger partial charge in [-0.3, -0.25) is 0 Å². The van der Waals surface area contributed by atoms with Gasteiger partial charge in [-0.15, -0.1) is 11.8 Å². The molecule has 1 aromatic carbocycles. The first-order chi connectivity index (χ1) is 9.65. The SMILES string of the molecule is CCOC1CC(Nc2ccccc2SCC)C1(C)CC. The van der Waals surface area contributed by atoms with Crippen molar-refractivity contribution in [2.45, 2.75) is 57.6 Å². The maximum atomic E-state index is 5.88. The Morgan fingerprint density at radius 2 is 2.05 bits per heavy atom. The van der Waals surface area contributed by atoms with E-state index in [2.05, 4.69) is 57.3 Å². The van der Waals surface area contributed by atoms with Crippen LogP contribution < -0.4 is 5.32 Å². The Balaban J connectivity index is 2.07. The van der Waals surface area contributed by atoms with Gasteiger partial charge in [0.25, 0.3) is 0 Å². The van der Waals surface area contributed by atoms with Gasteiger partial charge in [-0.25, -0.2) is 0 Å². The zero-order valence-electron chi connectivity index (χ0n) is 13.1. The van der Waals surface area contributed by atoms with Crippen molar-refractivity contribution in [3.05, 3.63) is 24.3 Å². The number of ether oxygens (including phenoxy) is 1. The molecule has 0 heterocycles. The summed E-state index contributed by atoms with van der Waals surface area (Å²) in [5.41, 5.74) is 1.53. The molecule has 3 heteroatoms. The number of hydrogen-bond acceptors (Lipinski definition) is 3. The minimum atomic E-state index is 0.250. The molecular weight excluding hydrogens is 266 g/mol. The van der Waals surface area contributed by atoms with Gasteiger partial charge in [0.2, 0.25) is 0 Å². The molecule has 1 aliphatic rings. The van der Waals surface area contributed by atoms with E-state index in [9.17, 15) is 0 Å². The molecule has 0 radical (unpaired) electrons. The zero-order chi connectivity index (χ0) is 14.6. The number of para-hydroxylation sites is 1. The largest absolute Gasteiger partial charge is 0.381 e. The van der Waals surface area contributed by atoms with Gasteiger partial charge in [0.1, 0.15) is 0 Å². The van der Waals surface area contributed by atoms with Crippen molar-refractivity contribution >= 4 is 17.4 Å². The molecule has 1 fully saturated rings. The van der Waals surface area contributed by atoms with Crippen molar-refractivity contribution in [2.75, 3.05) is 17.7 Å². The summed E-state index contributed by atoms with van der Waals surface area (Å²) in [6, 6.07) is 9.15. The van der Waals surface area contributed by atoms with E-state index in [4.69, 9.17) is 4.74 Å². The van der Waals surface area contributed by atoms with Crippen molar-refractivity contribution in [3.63, 3.8) is 0 Å². The highest BCUT2D eigenvalue weighted by molar-refractivity contribution is 7.99. The van der Waals surface area contributed by atoms with Crippen LogP contribution in [-0.4, -0.2) is 24.5 Å². The van der Waals surface area contributed by atoms with E-state index in [1.807, 2.05) is 11.8 Å². The fourth-order valence-electron chi connectivity index (χ4n) is 3.03. The summed E-state index contributed by atoms with van der Waals surface area (Å²) in [7, 11) is 0. The maximum absolute atomic E-state index is 5.88. The van der Waals surface area contributed by atoms with Crippen molar-refractivity contribution in [3.8, 4) is 0 Å². The van der Waals surface area contributed by atoms with Crippen molar-refractivity contribution in [1.29, 1.82) is 0 Å². The molecule has 3 atom stereocenters. The number of hydrogen-bond donors (Lipinski definition) is 1. The molecule has 2 rings (SSSR count). The van der Waals surface area contributed by atoms with Crippen LogP contribution in [0.4, 0.5) is 5.69 Å². The van der Waals surface area contributed by atoms with E-state index in [1.165, 1.54) is 10.6 Å². The van der Waals surface area contributed by atoms with Crippen LogP contribution in [0.15, 0.2) is 29.2 Å². The third-order valence-corrected chi connectivity index (χ3v) is 5.58. The minimum absolute atomic E-state index is 0.250. The van der Waals surface area contributed by atoms with Crippen LogP contribution in [0.3, 0.4) is 0 Å². The van der Waals surface area contributed by atoms with Gasteiger partial charge in [0, 0.05) is 28.6 Å². The first kappa shape index (κ1) is 15.7. The van der Waals surface area contributed by atoms with E-state index in [0.717, 1.165) is 25.2 Å². The monoisotopic (exact) mass is 293 g/mol. The Bertz CT molecular complexity index is 437. The second-order valence-corrected chi connectivity index (χ2v) is 6.97. The van der Waals surface area contributed by atoms with Crippen molar-refractivity contribution < 1.29 is 4.74 Å². The normalized spacial score (nSPS) is 29.0. The Kier molecular flexibility index (Phi) is 5.39. The van der Waals surface area contributed by atoms with E-state index in [0.29, 0.717) is 12.1 Å². The van der Waals surface area contributed by atoms with Crippen LogP contribution in [0, 0.1) is 5.41 Å². The topological polar surface area (TPSA) is 21.3 Å². The summed E-state index contributed by atoms with van der Waals surface area (Å²) in [6.07, 6.45) is 2.67. The summed E-state index contributed by atoms with van der Waals surface area (Å²) < 4.78 is 5.88. The average molecular weight is 293 g/mol. The van der Waals surface area contributed by atoms with Gasteiger partial charge in [-0.05, 0) is 37.7 Å². The molecule has 1 saturated carbocycles. The van der Waals surface area contributed by atoms with Crippen LogP contribution in [0.2, 0.25) is 0 Å². The van der Waals surface area contributed by atoms with Crippen LogP contribution in [0.1, 0.15) is 40.5 Å². The first-order valence-corrected chi connectivity index (χ1v) is 8.74. The van der Waals surface area contributed by atoms with Gasteiger partial charge >= 0.3 is 0 Å². The van der Waals surface area contributed by atoms with E-state index in [-0.39, 0.29) is 5.41 Å². The van der Waals surface area contributed by atoms with E-state index in [1.54, 1.807) is 0 Å². The molecule has 2 nitrogen and oxygen atoms in total. The molecule has 1 N–H and O–H groups in total. The number of anilines is 1. The molecule has 0 amide bonds. The molecule has 112 valence electrons. The third-order valence-electron chi connectivity index (χ3n) is 4.63. The second kappa shape index (κ2) is 6.86. The predicted molar refractivity (Wildman–Crippen MR) is 88.7 cm³/mol.